The molecule has 0 amide bonds. The number of aryl methyl sites for hydroxylation is 1. The monoisotopic (exact) mass is 181 g/mol. The van der Waals surface area contributed by atoms with Crippen LogP contribution in [0, 0.1) is 6.92 Å². The Morgan fingerprint density at radius 3 is 2.50 bits per heavy atom. The molecule has 3 nitrogen and oxygen atoms in total. The maximum Gasteiger partial charge on any atom is 0.162 e. The van der Waals surface area contributed by atoms with Crippen molar-refractivity contribution in [3.8, 4) is 0 Å². The molecule has 64 valence electrons. The molecule has 0 spiro atoms. The van der Waals surface area contributed by atoms with Gasteiger partial charge in [-0.3, -0.25) is 4.98 Å². The zero-order valence-corrected chi connectivity index (χ0v) is 8.22. The number of hydrogen-bond donors (Lipinski definition) is 0. The quantitative estimate of drug-likeness (QED) is 0.626. The first-order valence-corrected chi connectivity index (χ1v) is 4.68. The van der Waals surface area contributed by atoms with Crippen LogP contribution in [0.2, 0.25) is 0 Å². The summed E-state index contributed by atoms with van der Waals surface area (Å²) >= 11 is 1.39. The Morgan fingerprint density at radius 2 is 1.83 bits per heavy atom. The van der Waals surface area contributed by atoms with Crippen molar-refractivity contribution in [1.82, 2.24) is 14.3 Å². The van der Waals surface area contributed by atoms with Crippen LogP contribution in [0.25, 0.3) is 10.3 Å². The van der Waals surface area contributed by atoms with Crippen LogP contribution in [0.4, 0.5) is 0 Å². The fraction of sp³-hybridized carbons (Fsp3) is 0.375. The lowest BCUT2D eigenvalue weighted by atomic mass is 10.4. The Bertz CT molecular complexity index is 356. The van der Waals surface area contributed by atoms with Crippen LogP contribution >= 0.6 is 11.5 Å². The molecule has 0 N–H and O–H groups in total. The van der Waals surface area contributed by atoms with Crippen molar-refractivity contribution < 1.29 is 0 Å². The van der Waals surface area contributed by atoms with Crippen molar-refractivity contribution in [2.45, 2.75) is 20.8 Å². The van der Waals surface area contributed by atoms with Gasteiger partial charge in [-0.05, 0) is 18.5 Å². The first-order valence-electron chi connectivity index (χ1n) is 3.91. The Labute approximate surface area is 75.7 Å². The third-order valence-electron chi connectivity index (χ3n) is 1.28. The van der Waals surface area contributed by atoms with Gasteiger partial charge in [0.05, 0.1) is 5.69 Å². The van der Waals surface area contributed by atoms with Gasteiger partial charge in [0.15, 0.2) is 4.83 Å². The average molecular weight is 181 g/mol. The molecule has 0 fully saturated rings. The van der Waals surface area contributed by atoms with E-state index in [1.165, 1.54) is 11.5 Å². The number of hydrogen-bond acceptors (Lipinski definition) is 4. The summed E-state index contributed by atoms with van der Waals surface area (Å²) < 4.78 is 4.11. The van der Waals surface area contributed by atoms with Gasteiger partial charge in [0.2, 0.25) is 0 Å². The van der Waals surface area contributed by atoms with E-state index in [2.05, 4.69) is 14.3 Å². The molecule has 4 heteroatoms. The summed E-state index contributed by atoms with van der Waals surface area (Å²) in [5.41, 5.74) is 1.89. The summed E-state index contributed by atoms with van der Waals surface area (Å²) in [5.74, 6) is 0. The van der Waals surface area contributed by atoms with E-state index in [9.17, 15) is 0 Å². The summed E-state index contributed by atoms with van der Waals surface area (Å²) in [6.07, 6.45) is 3.36. The Morgan fingerprint density at radius 1 is 1.17 bits per heavy atom. The number of fused-ring (bicyclic) bond motifs is 1. The molecule has 0 aliphatic heterocycles. The summed E-state index contributed by atoms with van der Waals surface area (Å²) in [7, 11) is 0. The van der Waals surface area contributed by atoms with Crippen molar-refractivity contribution in [3.05, 3.63) is 18.1 Å². The highest BCUT2D eigenvalue weighted by Gasteiger charge is 2.00. The Balaban J connectivity index is 0.000000336. The normalized spacial score (nSPS) is 9.25. The molecular weight excluding hydrogens is 170 g/mol. The van der Waals surface area contributed by atoms with Gasteiger partial charge < -0.3 is 0 Å². The van der Waals surface area contributed by atoms with Crippen molar-refractivity contribution in [1.29, 1.82) is 0 Å². The van der Waals surface area contributed by atoms with Crippen LogP contribution in [0.1, 0.15) is 19.5 Å². The van der Waals surface area contributed by atoms with Crippen LogP contribution in [-0.2, 0) is 0 Å². The van der Waals surface area contributed by atoms with E-state index in [-0.39, 0.29) is 0 Å². The fourth-order valence-electron chi connectivity index (χ4n) is 0.795. The van der Waals surface area contributed by atoms with Crippen molar-refractivity contribution in [2.75, 3.05) is 0 Å². The van der Waals surface area contributed by atoms with Gasteiger partial charge in [-0.1, -0.05) is 13.8 Å². The van der Waals surface area contributed by atoms with E-state index >= 15 is 0 Å². The molecule has 0 radical (unpaired) electrons. The Kier molecular flexibility index (Phi) is 3.10. The van der Waals surface area contributed by atoms with E-state index in [1.54, 1.807) is 12.4 Å². The fourth-order valence-corrected chi connectivity index (χ4v) is 1.50. The van der Waals surface area contributed by atoms with Crippen LogP contribution in [0.5, 0.6) is 0 Å². The van der Waals surface area contributed by atoms with Crippen LogP contribution in [-0.4, -0.2) is 14.3 Å². The molecule has 2 aromatic rings. The molecule has 0 bridgehead atoms. The van der Waals surface area contributed by atoms with Gasteiger partial charge in [-0.25, -0.2) is 4.98 Å². The summed E-state index contributed by atoms with van der Waals surface area (Å²) in [5, 5.41) is 0. The molecule has 0 aliphatic carbocycles. The van der Waals surface area contributed by atoms with E-state index in [0.717, 1.165) is 16.0 Å². The molecule has 0 saturated carbocycles. The predicted molar refractivity (Wildman–Crippen MR) is 51.3 cm³/mol. The highest BCUT2D eigenvalue weighted by molar-refractivity contribution is 7.12. The van der Waals surface area contributed by atoms with Gasteiger partial charge >= 0.3 is 0 Å². The van der Waals surface area contributed by atoms with E-state index in [0.29, 0.717) is 0 Å². The lowest BCUT2D eigenvalue weighted by Crippen LogP contribution is -1.76. The number of nitrogens with zero attached hydrogens (tertiary/aromatic N) is 3. The molecule has 0 unspecified atom stereocenters. The van der Waals surface area contributed by atoms with Crippen molar-refractivity contribution in [3.63, 3.8) is 0 Å². The van der Waals surface area contributed by atoms with Gasteiger partial charge in [0, 0.05) is 12.4 Å². The third kappa shape index (κ3) is 1.58. The minimum atomic E-state index is 0.917. The lowest BCUT2D eigenvalue weighted by Gasteiger charge is -1.83. The minimum Gasteiger partial charge on any atom is -0.250 e. The van der Waals surface area contributed by atoms with Crippen LogP contribution in [0.15, 0.2) is 12.4 Å². The second-order valence-electron chi connectivity index (χ2n) is 1.98. The van der Waals surface area contributed by atoms with E-state index in [1.807, 2.05) is 20.8 Å². The van der Waals surface area contributed by atoms with Gasteiger partial charge in [-0.2, -0.15) is 4.37 Å². The summed E-state index contributed by atoms with van der Waals surface area (Å²) in [4.78, 5) is 9.14. The second kappa shape index (κ2) is 4.11. The SMILES string of the molecule is CC.Cc1nsc2nccnc12. The van der Waals surface area contributed by atoms with E-state index in [4.69, 9.17) is 0 Å². The third-order valence-corrected chi connectivity index (χ3v) is 2.11. The van der Waals surface area contributed by atoms with Crippen molar-refractivity contribution >= 4 is 21.9 Å². The predicted octanol–water partition coefficient (Wildman–Crippen LogP) is 2.42. The standard InChI is InChI=1S/C6H5N3S.C2H6/c1-4-5-6(10-9-4)8-3-2-7-5;1-2/h2-3H,1H3;1-2H3. The molecule has 0 aliphatic rings. The van der Waals surface area contributed by atoms with Gasteiger partial charge in [-0.15, -0.1) is 0 Å². The highest BCUT2D eigenvalue weighted by atomic mass is 32.1. The molecule has 0 saturated heterocycles. The second-order valence-corrected chi connectivity index (χ2v) is 2.73. The van der Waals surface area contributed by atoms with Crippen LogP contribution < -0.4 is 0 Å². The first kappa shape index (κ1) is 9.06. The molecular formula is C8H11N3S. The zero-order valence-electron chi connectivity index (χ0n) is 7.40. The lowest BCUT2D eigenvalue weighted by molar-refractivity contribution is 1.27. The first-order chi connectivity index (χ1) is 5.88. The molecule has 12 heavy (non-hydrogen) atoms. The molecule has 2 aromatic heterocycles. The maximum absolute atomic E-state index is 4.13. The average Bonchev–Trinajstić information content (AvgIpc) is 2.53. The molecule has 0 aromatic carbocycles. The maximum atomic E-state index is 4.13. The topological polar surface area (TPSA) is 38.7 Å². The summed E-state index contributed by atoms with van der Waals surface area (Å²) in [6, 6.07) is 0. The van der Waals surface area contributed by atoms with Gasteiger partial charge in [0.1, 0.15) is 5.52 Å². The summed E-state index contributed by atoms with van der Waals surface area (Å²) in [6.45, 7) is 5.94. The molecule has 0 atom stereocenters. The highest BCUT2D eigenvalue weighted by Crippen LogP contribution is 2.15. The minimum absolute atomic E-state index is 0.917. The largest absolute Gasteiger partial charge is 0.250 e. The molecule has 2 rings (SSSR count). The number of rotatable bonds is 0. The Hall–Kier alpha value is -1.03. The smallest absolute Gasteiger partial charge is 0.162 e. The van der Waals surface area contributed by atoms with Gasteiger partial charge in [0.25, 0.3) is 0 Å². The molecule has 2 heterocycles. The van der Waals surface area contributed by atoms with E-state index < -0.39 is 0 Å². The number of aromatic nitrogens is 3. The van der Waals surface area contributed by atoms with Crippen LogP contribution in [0.3, 0.4) is 0 Å². The van der Waals surface area contributed by atoms with Crippen molar-refractivity contribution in [2.24, 2.45) is 0 Å². The zero-order chi connectivity index (χ0) is 8.97.